The van der Waals surface area contributed by atoms with Crippen LogP contribution in [0, 0.1) is 0 Å². The second-order valence-corrected chi connectivity index (χ2v) is 9.10. The number of ether oxygens (including phenoxy) is 2. The van der Waals surface area contributed by atoms with Crippen molar-refractivity contribution in [2.24, 2.45) is 0 Å². The third kappa shape index (κ3) is 7.23. The molecule has 38 heavy (non-hydrogen) atoms. The molecule has 4 aromatic rings. The van der Waals surface area contributed by atoms with E-state index >= 15 is 0 Å². The van der Waals surface area contributed by atoms with Gasteiger partial charge in [-0.05, 0) is 97.0 Å². The van der Waals surface area contributed by atoms with E-state index in [0.717, 1.165) is 28.7 Å². The molecule has 0 saturated carbocycles. The molecule has 0 bridgehead atoms. The highest BCUT2D eigenvalue weighted by Crippen LogP contribution is 2.24. The molecule has 0 radical (unpaired) electrons. The van der Waals surface area contributed by atoms with E-state index in [4.69, 9.17) is 9.47 Å². The summed E-state index contributed by atoms with van der Waals surface area (Å²) in [5.41, 5.74) is 4.73. The van der Waals surface area contributed by atoms with Gasteiger partial charge in [0.1, 0.15) is 11.5 Å². The zero-order valence-corrected chi connectivity index (χ0v) is 21.2. The number of carbonyl (C=O) groups is 2. The lowest BCUT2D eigenvalue weighted by atomic mass is 10.0. The molecule has 194 valence electrons. The molecule has 6 heteroatoms. The topological polar surface area (TPSA) is 93.1 Å². The Hall–Kier alpha value is -4.58. The second kappa shape index (κ2) is 12.6. The summed E-state index contributed by atoms with van der Waals surface area (Å²) in [5, 5.41) is 18.8. The fourth-order valence-electron chi connectivity index (χ4n) is 4.00. The molecule has 0 saturated heterocycles. The van der Waals surface area contributed by atoms with Crippen molar-refractivity contribution in [3.63, 3.8) is 0 Å². The van der Waals surface area contributed by atoms with Crippen LogP contribution in [-0.4, -0.2) is 34.9 Å². The van der Waals surface area contributed by atoms with Crippen molar-refractivity contribution in [1.29, 1.82) is 0 Å². The number of aromatic hydroxyl groups is 2. The van der Waals surface area contributed by atoms with Gasteiger partial charge < -0.3 is 19.7 Å². The molecular weight excluding hydrogens is 480 g/mol. The highest BCUT2D eigenvalue weighted by molar-refractivity contribution is 5.90. The number of hydrogen-bond acceptors (Lipinski definition) is 6. The first kappa shape index (κ1) is 26.5. The zero-order chi connectivity index (χ0) is 26.9. The number of phenolic OH excluding ortho intramolecular Hbond substituents is 2. The number of hydrogen-bond donors (Lipinski definition) is 2. The lowest BCUT2D eigenvalue weighted by Crippen LogP contribution is -2.15. The third-order valence-electron chi connectivity index (χ3n) is 6.19. The van der Waals surface area contributed by atoms with Crippen molar-refractivity contribution in [2.45, 2.75) is 32.3 Å². The van der Waals surface area contributed by atoms with Crippen LogP contribution >= 0.6 is 0 Å². The van der Waals surface area contributed by atoms with Gasteiger partial charge >= 0.3 is 11.9 Å². The predicted molar refractivity (Wildman–Crippen MR) is 146 cm³/mol. The van der Waals surface area contributed by atoms with Gasteiger partial charge in [0.25, 0.3) is 0 Å². The molecule has 6 nitrogen and oxygen atoms in total. The Bertz CT molecular complexity index is 1340. The van der Waals surface area contributed by atoms with E-state index in [0.29, 0.717) is 24.0 Å². The third-order valence-corrected chi connectivity index (χ3v) is 6.19. The summed E-state index contributed by atoms with van der Waals surface area (Å²) in [6, 6.07) is 28.1. The minimum Gasteiger partial charge on any atom is -0.508 e. The van der Waals surface area contributed by atoms with Gasteiger partial charge in [0, 0.05) is 0 Å². The fraction of sp³-hybridized carbons (Fsp3) is 0.188. The van der Waals surface area contributed by atoms with E-state index in [9.17, 15) is 19.8 Å². The maximum atomic E-state index is 12.5. The standard InChI is InChI=1S/C32H30O6/c1-22(38-32(36)28-11-7-24(8-12-28)26-15-19-30(34)20-16-26)4-2-3-21-37-31(35)27-9-5-23(6-10-27)25-13-17-29(33)18-14-25/h5-20,22,33-34H,2-4,21H2,1H3. The van der Waals surface area contributed by atoms with E-state index in [-0.39, 0.29) is 36.1 Å². The van der Waals surface area contributed by atoms with E-state index in [1.165, 1.54) is 0 Å². The minimum atomic E-state index is -0.378. The van der Waals surface area contributed by atoms with Crippen molar-refractivity contribution < 1.29 is 29.3 Å². The Morgan fingerprint density at radius 2 is 1.00 bits per heavy atom. The first-order valence-corrected chi connectivity index (χ1v) is 12.6. The molecule has 0 spiro atoms. The molecule has 0 heterocycles. The maximum Gasteiger partial charge on any atom is 0.338 e. The summed E-state index contributed by atoms with van der Waals surface area (Å²) in [5.74, 6) is -0.341. The second-order valence-electron chi connectivity index (χ2n) is 9.10. The summed E-state index contributed by atoms with van der Waals surface area (Å²) in [6.07, 6.45) is 1.82. The Morgan fingerprint density at radius 1 is 0.605 bits per heavy atom. The normalized spacial score (nSPS) is 11.5. The quantitative estimate of drug-likeness (QED) is 0.176. The van der Waals surface area contributed by atoms with Crippen molar-refractivity contribution >= 4 is 11.9 Å². The summed E-state index contributed by atoms with van der Waals surface area (Å²) >= 11 is 0. The Balaban J connectivity index is 1.15. The average Bonchev–Trinajstić information content (AvgIpc) is 2.94. The molecule has 4 aromatic carbocycles. The summed E-state index contributed by atoms with van der Waals surface area (Å²) in [7, 11) is 0. The van der Waals surface area contributed by atoms with Crippen molar-refractivity contribution in [2.75, 3.05) is 6.61 Å². The SMILES string of the molecule is CC(CCCCOC(=O)c1ccc(-c2ccc(O)cc2)cc1)OC(=O)c1ccc(-c2ccc(O)cc2)cc1. The molecular formula is C32H30O6. The molecule has 2 N–H and O–H groups in total. The smallest absolute Gasteiger partial charge is 0.338 e. The van der Waals surface area contributed by atoms with Gasteiger partial charge in [0.05, 0.1) is 23.8 Å². The number of esters is 2. The number of phenols is 2. The fourth-order valence-corrected chi connectivity index (χ4v) is 4.00. The van der Waals surface area contributed by atoms with Crippen LogP contribution in [0.5, 0.6) is 11.5 Å². The zero-order valence-electron chi connectivity index (χ0n) is 21.2. The average molecular weight is 511 g/mol. The van der Waals surface area contributed by atoms with Gasteiger partial charge in [-0.1, -0.05) is 48.5 Å². The summed E-state index contributed by atoms with van der Waals surface area (Å²) in [6.45, 7) is 2.14. The Morgan fingerprint density at radius 3 is 1.45 bits per heavy atom. The van der Waals surface area contributed by atoms with Crippen molar-refractivity contribution in [3.05, 3.63) is 108 Å². The van der Waals surface area contributed by atoms with E-state index in [1.807, 2.05) is 55.5 Å². The van der Waals surface area contributed by atoms with Crippen molar-refractivity contribution in [1.82, 2.24) is 0 Å². The van der Waals surface area contributed by atoms with Gasteiger partial charge in [-0.15, -0.1) is 0 Å². The van der Waals surface area contributed by atoms with E-state index in [1.54, 1.807) is 48.5 Å². The number of unbranched alkanes of at least 4 members (excludes halogenated alkanes) is 1. The van der Waals surface area contributed by atoms with Gasteiger partial charge in [-0.25, -0.2) is 9.59 Å². The first-order valence-electron chi connectivity index (χ1n) is 12.6. The largest absolute Gasteiger partial charge is 0.508 e. The summed E-state index contributed by atoms with van der Waals surface area (Å²) < 4.78 is 10.9. The molecule has 0 aliphatic heterocycles. The number of carbonyl (C=O) groups excluding carboxylic acids is 2. The van der Waals surface area contributed by atoms with Crippen LogP contribution in [0.15, 0.2) is 97.1 Å². The molecule has 4 rings (SSSR count). The van der Waals surface area contributed by atoms with Crippen LogP contribution in [0.3, 0.4) is 0 Å². The highest BCUT2D eigenvalue weighted by Gasteiger charge is 2.13. The predicted octanol–water partition coefficient (Wildman–Crippen LogP) is 7.00. The van der Waals surface area contributed by atoms with Gasteiger partial charge in [-0.2, -0.15) is 0 Å². The molecule has 0 amide bonds. The number of rotatable bonds is 10. The highest BCUT2D eigenvalue weighted by atomic mass is 16.5. The van der Waals surface area contributed by atoms with Crippen LogP contribution in [0.4, 0.5) is 0 Å². The molecule has 0 aliphatic carbocycles. The Labute approximate surface area is 222 Å². The minimum absolute atomic E-state index is 0.207. The van der Waals surface area contributed by atoms with Crippen molar-refractivity contribution in [3.8, 4) is 33.8 Å². The Kier molecular flexibility index (Phi) is 8.77. The van der Waals surface area contributed by atoms with E-state index in [2.05, 4.69) is 0 Å². The van der Waals surface area contributed by atoms with E-state index < -0.39 is 0 Å². The lowest BCUT2D eigenvalue weighted by Gasteiger charge is -2.13. The number of benzene rings is 4. The van der Waals surface area contributed by atoms with Crippen LogP contribution < -0.4 is 0 Å². The monoisotopic (exact) mass is 510 g/mol. The van der Waals surface area contributed by atoms with Gasteiger partial charge in [-0.3, -0.25) is 0 Å². The van der Waals surface area contributed by atoms with Crippen LogP contribution in [0.2, 0.25) is 0 Å². The molecule has 1 atom stereocenters. The van der Waals surface area contributed by atoms with Crippen LogP contribution in [-0.2, 0) is 9.47 Å². The lowest BCUT2D eigenvalue weighted by molar-refractivity contribution is 0.0313. The first-order chi connectivity index (χ1) is 18.4. The van der Waals surface area contributed by atoms with Gasteiger partial charge in [0.15, 0.2) is 0 Å². The van der Waals surface area contributed by atoms with Gasteiger partial charge in [0.2, 0.25) is 0 Å². The molecule has 1 unspecified atom stereocenters. The molecule has 0 fully saturated rings. The maximum absolute atomic E-state index is 12.5. The molecule has 0 aliphatic rings. The molecule has 0 aromatic heterocycles. The van der Waals surface area contributed by atoms with Crippen LogP contribution in [0.1, 0.15) is 46.9 Å². The van der Waals surface area contributed by atoms with Crippen LogP contribution in [0.25, 0.3) is 22.3 Å². The summed E-state index contributed by atoms with van der Waals surface area (Å²) in [4.78, 5) is 24.8.